The van der Waals surface area contributed by atoms with Crippen molar-refractivity contribution in [3.63, 3.8) is 0 Å². The van der Waals surface area contributed by atoms with Crippen LogP contribution in [0.25, 0.3) is 0 Å². The average molecular weight is 237 g/mol. The molecule has 0 unspecified atom stereocenters. The Morgan fingerprint density at radius 3 is 2.50 bits per heavy atom. The zero-order chi connectivity index (χ0) is 11.3. The van der Waals surface area contributed by atoms with Crippen LogP contribution >= 0.6 is 11.3 Å². The monoisotopic (exact) mass is 237 g/mol. The zero-order valence-corrected chi connectivity index (χ0v) is 10.9. The first-order chi connectivity index (χ1) is 7.85. The van der Waals surface area contributed by atoms with E-state index in [-0.39, 0.29) is 0 Å². The van der Waals surface area contributed by atoms with Crippen LogP contribution in [-0.4, -0.2) is 6.54 Å². The van der Waals surface area contributed by atoms with Crippen LogP contribution in [0.15, 0.2) is 16.8 Å². The summed E-state index contributed by atoms with van der Waals surface area (Å²) in [7, 11) is 0. The first kappa shape index (κ1) is 12.1. The number of hydrogen-bond donors (Lipinski definition) is 1. The van der Waals surface area contributed by atoms with Gasteiger partial charge in [0, 0.05) is 0 Å². The van der Waals surface area contributed by atoms with Crippen molar-refractivity contribution in [2.24, 2.45) is 11.1 Å². The highest BCUT2D eigenvalue weighted by atomic mass is 32.1. The Balaban J connectivity index is 1.92. The van der Waals surface area contributed by atoms with E-state index in [1.807, 2.05) is 0 Å². The number of aryl methyl sites for hydroxylation is 1. The van der Waals surface area contributed by atoms with Crippen molar-refractivity contribution in [2.75, 3.05) is 6.54 Å². The molecular weight excluding hydrogens is 214 g/mol. The van der Waals surface area contributed by atoms with E-state index in [0.29, 0.717) is 5.41 Å². The first-order valence-electron chi connectivity index (χ1n) is 6.56. The molecule has 0 saturated heterocycles. The van der Waals surface area contributed by atoms with Gasteiger partial charge in [-0.2, -0.15) is 11.3 Å². The Bertz CT molecular complexity index is 284. The van der Waals surface area contributed by atoms with E-state index in [1.54, 1.807) is 11.3 Å². The summed E-state index contributed by atoms with van der Waals surface area (Å²) in [4.78, 5) is 0. The van der Waals surface area contributed by atoms with Crippen molar-refractivity contribution in [3.8, 4) is 0 Å². The van der Waals surface area contributed by atoms with Crippen LogP contribution in [0.5, 0.6) is 0 Å². The third-order valence-electron chi connectivity index (χ3n) is 4.12. The molecule has 2 N–H and O–H groups in total. The summed E-state index contributed by atoms with van der Waals surface area (Å²) in [5, 5.41) is 4.46. The van der Waals surface area contributed by atoms with E-state index in [4.69, 9.17) is 5.73 Å². The zero-order valence-electron chi connectivity index (χ0n) is 10.1. The molecule has 1 aliphatic rings. The van der Waals surface area contributed by atoms with Crippen molar-refractivity contribution in [1.82, 2.24) is 0 Å². The fourth-order valence-corrected chi connectivity index (χ4v) is 3.58. The number of nitrogens with two attached hydrogens (primary N) is 1. The van der Waals surface area contributed by atoms with Crippen LogP contribution < -0.4 is 5.73 Å². The van der Waals surface area contributed by atoms with Gasteiger partial charge < -0.3 is 5.73 Å². The molecule has 1 aliphatic carbocycles. The summed E-state index contributed by atoms with van der Waals surface area (Å²) in [6, 6.07) is 2.26. The summed E-state index contributed by atoms with van der Waals surface area (Å²) >= 11 is 1.81. The Kier molecular flexibility index (Phi) is 4.42. The normalized spacial score (nSPS) is 20.6. The number of hydrogen-bond acceptors (Lipinski definition) is 2. The highest BCUT2D eigenvalue weighted by molar-refractivity contribution is 7.07. The first-order valence-corrected chi connectivity index (χ1v) is 7.50. The summed E-state index contributed by atoms with van der Waals surface area (Å²) < 4.78 is 0. The molecule has 1 nitrogen and oxygen atoms in total. The van der Waals surface area contributed by atoms with Gasteiger partial charge in [0.25, 0.3) is 0 Å². The van der Waals surface area contributed by atoms with Gasteiger partial charge in [0.05, 0.1) is 0 Å². The van der Waals surface area contributed by atoms with Crippen molar-refractivity contribution in [3.05, 3.63) is 22.4 Å². The third kappa shape index (κ3) is 3.08. The Hall–Kier alpha value is -0.340. The Labute approximate surface area is 103 Å². The second kappa shape index (κ2) is 5.83. The van der Waals surface area contributed by atoms with Gasteiger partial charge in [0.2, 0.25) is 0 Å². The summed E-state index contributed by atoms with van der Waals surface area (Å²) in [5.74, 6) is 0. The van der Waals surface area contributed by atoms with Crippen molar-refractivity contribution in [2.45, 2.75) is 51.4 Å². The van der Waals surface area contributed by atoms with Gasteiger partial charge in [0.1, 0.15) is 0 Å². The van der Waals surface area contributed by atoms with Crippen LogP contribution in [0, 0.1) is 5.41 Å². The fraction of sp³-hybridized carbons (Fsp3) is 0.714. The topological polar surface area (TPSA) is 26.0 Å². The largest absolute Gasteiger partial charge is 0.330 e. The Morgan fingerprint density at radius 2 is 1.94 bits per heavy atom. The van der Waals surface area contributed by atoms with Crippen molar-refractivity contribution >= 4 is 11.3 Å². The van der Waals surface area contributed by atoms with Gasteiger partial charge in [0.15, 0.2) is 0 Å². The maximum Gasteiger partial charge on any atom is -0.00204 e. The summed E-state index contributed by atoms with van der Waals surface area (Å²) in [6.07, 6.45) is 10.8. The van der Waals surface area contributed by atoms with E-state index in [0.717, 1.165) is 6.54 Å². The molecule has 1 aromatic rings. The highest BCUT2D eigenvalue weighted by Gasteiger charge is 2.28. The van der Waals surface area contributed by atoms with Gasteiger partial charge in [-0.25, -0.2) is 0 Å². The third-order valence-corrected chi connectivity index (χ3v) is 4.85. The van der Waals surface area contributed by atoms with E-state index >= 15 is 0 Å². The molecule has 0 radical (unpaired) electrons. The summed E-state index contributed by atoms with van der Waals surface area (Å²) in [6.45, 7) is 0.886. The predicted molar refractivity (Wildman–Crippen MR) is 71.8 cm³/mol. The lowest BCUT2D eigenvalue weighted by Crippen LogP contribution is -2.30. The Morgan fingerprint density at radius 1 is 1.19 bits per heavy atom. The van der Waals surface area contributed by atoms with Crippen LogP contribution in [-0.2, 0) is 6.42 Å². The fourth-order valence-electron chi connectivity index (χ4n) is 2.88. The SMILES string of the molecule is NCC1(CCc2ccsc2)CCCCCC1. The standard InChI is InChI=1S/C14H23NS/c15-12-14(7-3-1-2-4-8-14)9-5-13-6-10-16-11-13/h6,10-11H,1-5,7-9,12,15H2. The van der Waals surface area contributed by atoms with Gasteiger partial charge in [-0.15, -0.1) is 0 Å². The minimum Gasteiger partial charge on any atom is -0.330 e. The van der Waals surface area contributed by atoms with Gasteiger partial charge >= 0.3 is 0 Å². The molecule has 2 rings (SSSR count). The van der Waals surface area contributed by atoms with E-state index in [9.17, 15) is 0 Å². The van der Waals surface area contributed by atoms with Crippen LogP contribution in [0.4, 0.5) is 0 Å². The van der Waals surface area contributed by atoms with Crippen LogP contribution in [0.1, 0.15) is 50.5 Å². The maximum absolute atomic E-state index is 6.05. The lowest BCUT2D eigenvalue weighted by atomic mass is 9.76. The van der Waals surface area contributed by atoms with Crippen LogP contribution in [0.2, 0.25) is 0 Å². The molecule has 1 heterocycles. The minimum atomic E-state index is 0.457. The molecule has 0 spiro atoms. The van der Waals surface area contributed by atoms with Gasteiger partial charge in [-0.3, -0.25) is 0 Å². The van der Waals surface area contributed by atoms with E-state index < -0.39 is 0 Å². The average Bonchev–Trinajstić information content (AvgIpc) is 2.72. The van der Waals surface area contributed by atoms with Gasteiger partial charge in [-0.1, -0.05) is 25.7 Å². The molecule has 1 aromatic heterocycles. The van der Waals surface area contributed by atoms with Crippen molar-refractivity contribution in [1.29, 1.82) is 0 Å². The molecule has 0 aromatic carbocycles. The molecule has 1 saturated carbocycles. The maximum atomic E-state index is 6.05. The predicted octanol–water partition coefficient (Wildman–Crippen LogP) is 3.98. The molecule has 0 amide bonds. The molecule has 0 aliphatic heterocycles. The lowest BCUT2D eigenvalue weighted by molar-refractivity contribution is 0.233. The molecule has 0 atom stereocenters. The van der Waals surface area contributed by atoms with E-state index in [1.165, 1.54) is 56.9 Å². The number of thiophene rings is 1. The highest BCUT2D eigenvalue weighted by Crippen LogP contribution is 2.38. The molecule has 1 fully saturated rings. The van der Waals surface area contributed by atoms with Crippen molar-refractivity contribution < 1.29 is 0 Å². The molecule has 2 heteroatoms. The molecule has 90 valence electrons. The van der Waals surface area contributed by atoms with E-state index in [2.05, 4.69) is 16.8 Å². The number of rotatable bonds is 4. The van der Waals surface area contributed by atoms with Gasteiger partial charge in [-0.05, 0) is 60.0 Å². The minimum absolute atomic E-state index is 0.457. The second-order valence-electron chi connectivity index (χ2n) is 5.25. The summed E-state index contributed by atoms with van der Waals surface area (Å²) in [5.41, 5.74) is 8.01. The molecule has 16 heavy (non-hydrogen) atoms. The smallest absolute Gasteiger partial charge is 0.00204 e. The lowest BCUT2D eigenvalue weighted by Gasteiger charge is -2.31. The second-order valence-corrected chi connectivity index (χ2v) is 6.03. The molecular formula is C14H23NS. The molecule has 0 bridgehead atoms. The quantitative estimate of drug-likeness (QED) is 0.788. The van der Waals surface area contributed by atoms with Crippen LogP contribution in [0.3, 0.4) is 0 Å².